The number of hydrogen-bond acceptors (Lipinski definition) is 7. The first-order chi connectivity index (χ1) is 11.4. The fourth-order valence-corrected chi connectivity index (χ4v) is 3.46. The lowest BCUT2D eigenvalue weighted by Crippen LogP contribution is -2.44. The highest BCUT2D eigenvalue weighted by Crippen LogP contribution is 2.41. The maximum absolute atomic E-state index is 11.8. The Hall–Kier alpha value is -2.07. The molecule has 4 N–H and O–H groups in total. The number of anilines is 1. The van der Waals surface area contributed by atoms with Crippen LogP contribution in [-0.4, -0.2) is 60.2 Å². The molecule has 1 amide bonds. The van der Waals surface area contributed by atoms with Gasteiger partial charge >= 0.3 is 0 Å². The number of aryl methyl sites for hydroxylation is 1. The second kappa shape index (κ2) is 5.21. The van der Waals surface area contributed by atoms with Crippen molar-refractivity contribution in [2.24, 2.45) is 0 Å². The van der Waals surface area contributed by atoms with Crippen LogP contribution in [0.4, 0.5) is 5.82 Å². The average Bonchev–Trinajstić information content (AvgIpc) is 2.95. The van der Waals surface area contributed by atoms with Crippen molar-refractivity contribution in [2.45, 2.75) is 43.8 Å². The van der Waals surface area contributed by atoms with Crippen LogP contribution < -0.4 is 5.32 Å². The van der Waals surface area contributed by atoms with Gasteiger partial charge in [-0.3, -0.25) is 4.79 Å². The Morgan fingerprint density at radius 2 is 2.25 bits per heavy atom. The summed E-state index contributed by atoms with van der Waals surface area (Å²) in [5, 5.41) is 33.7. The molecule has 128 valence electrons. The molecule has 9 nitrogen and oxygen atoms in total. The fraction of sp³-hybridized carbons (Fsp3) is 0.533. The molecule has 4 atom stereocenters. The van der Waals surface area contributed by atoms with Crippen LogP contribution in [0.3, 0.4) is 0 Å². The van der Waals surface area contributed by atoms with Gasteiger partial charge in [-0.15, -0.1) is 0 Å². The number of nitrogens with zero attached hydrogens (tertiary/aromatic N) is 3. The number of aromatic nitrogens is 3. The zero-order valence-electron chi connectivity index (χ0n) is 13.0. The molecular formula is C15H18N4O5. The molecule has 0 aromatic carbocycles. The van der Waals surface area contributed by atoms with Crippen molar-refractivity contribution in [1.29, 1.82) is 0 Å². The van der Waals surface area contributed by atoms with Gasteiger partial charge in [-0.25, -0.2) is 9.97 Å². The minimum absolute atomic E-state index is 0.113. The number of ether oxygens (including phenoxy) is 1. The van der Waals surface area contributed by atoms with Crippen LogP contribution >= 0.6 is 0 Å². The van der Waals surface area contributed by atoms with Crippen molar-refractivity contribution < 1.29 is 24.9 Å². The Bertz CT molecular complexity index is 818. The van der Waals surface area contributed by atoms with E-state index >= 15 is 0 Å². The molecule has 0 aliphatic carbocycles. The highest BCUT2D eigenvalue weighted by atomic mass is 16.6. The number of aliphatic hydroxyl groups is 3. The molecule has 2 aliphatic heterocycles. The molecule has 0 radical (unpaired) electrons. The van der Waals surface area contributed by atoms with Crippen molar-refractivity contribution in [3.05, 3.63) is 18.1 Å². The molecule has 2 aromatic heterocycles. The lowest BCUT2D eigenvalue weighted by molar-refractivity contribution is -0.116. The predicted molar refractivity (Wildman–Crippen MR) is 82.1 cm³/mol. The van der Waals surface area contributed by atoms with Gasteiger partial charge in [0.2, 0.25) is 5.91 Å². The van der Waals surface area contributed by atoms with E-state index in [1.807, 2.05) is 0 Å². The Labute approximate surface area is 136 Å². The minimum atomic E-state index is -1.60. The highest BCUT2D eigenvalue weighted by molar-refractivity contribution is 6.02. The lowest BCUT2D eigenvalue weighted by atomic mass is 9.96. The number of rotatable bonds is 2. The Morgan fingerprint density at radius 3 is 2.96 bits per heavy atom. The molecule has 0 bridgehead atoms. The van der Waals surface area contributed by atoms with E-state index in [2.05, 4.69) is 15.3 Å². The molecule has 24 heavy (non-hydrogen) atoms. The van der Waals surface area contributed by atoms with Gasteiger partial charge in [-0.1, -0.05) is 0 Å². The first-order valence-corrected chi connectivity index (χ1v) is 7.74. The molecule has 4 heterocycles. The summed E-state index contributed by atoms with van der Waals surface area (Å²) in [5.74, 6) is 0.311. The van der Waals surface area contributed by atoms with Crippen molar-refractivity contribution in [1.82, 2.24) is 14.5 Å². The lowest BCUT2D eigenvalue weighted by Gasteiger charge is -2.27. The van der Waals surface area contributed by atoms with Gasteiger partial charge in [-0.2, -0.15) is 0 Å². The minimum Gasteiger partial charge on any atom is -0.394 e. The largest absolute Gasteiger partial charge is 0.394 e. The zero-order valence-corrected chi connectivity index (χ0v) is 13.0. The van der Waals surface area contributed by atoms with Gasteiger partial charge in [0.05, 0.1) is 12.0 Å². The SMILES string of the molecule is C[C@]1(O)C(n2cc3c4c(ncnc42)NC(=O)CC3)OC(CO)[C@H]1O. The standard InChI is InChI=1S/C15H18N4O5/c1-15(23)11(22)8(5-20)24-14(15)19-4-7-2-3-9(21)18-12-10(7)13(19)17-6-16-12/h4,6,8,11,14,20,22-23H,2-3,5H2,1H3,(H,16,17,18,21)/t8?,11-,14?,15-/m1/s1. The average molecular weight is 334 g/mol. The molecule has 2 unspecified atom stereocenters. The van der Waals surface area contributed by atoms with Gasteiger partial charge in [0.1, 0.15) is 35.6 Å². The summed E-state index contributed by atoms with van der Waals surface area (Å²) >= 11 is 0. The summed E-state index contributed by atoms with van der Waals surface area (Å²) in [5.41, 5.74) is -0.247. The number of aliphatic hydroxyl groups excluding tert-OH is 2. The number of nitrogens with one attached hydrogen (secondary N) is 1. The molecule has 1 fully saturated rings. The van der Waals surface area contributed by atoms with E-state index < -0.39 is 30.6 Å². The Kier molecular flexibility index (Phi) is 3.36. The number of amides is 1. The van der Waals surface area contributed by atoms with Crippen molar-refractivity contribution in [3.63, 3.8) is 0 Å². The van der Waals surface area contributed by atoms with Gasteiger partial charge in [-0.05, 0) is 18.9 Å². The first kappa shape index (κ1) is 15.5. The van der Waals surface area contributed by atoms with Crippen LogP contribution in [0, 0.1) is 0 Å². The third kappa shape index (κ3) is 2.06. The first-order valence-electron chi connectivity index (χ1n) is 7.74. The zero-order chi connectivity index (χ0) is 17.1. The normalized spacial score (nSPS) is 32.8. The summed E-state index contributed by atoms with van der Waals surface area (Å²) in [6.45, 7) is 1.05. The summed E-state index contributed by atoms with van der Waals surface area (Å²) in [6.07, 6.45) is 0.874. The van der Waals surface area contributed by atoms with Crippen LogP contribution in [0.1, 0.15) is 25.1 Å². The van der Waals surface area contributed by atoms with Gasteiger partial charge in [0.25, 0.3) is 0 Å². The topological polar surface area (TPSA) is 130 Å². The van der Waals surface area contributed by atoms with Gasteiger partial charge in [0.15, 0.2) is 6.23 Å². The van der Waals surface area contributed by atoms with Crippen molar-refractivity contribution in [2.75, 3.05) is 11.9 Å². The van der Waals surface area contributed by atoms with Crippen molar-refractivity contribution in [3.8, 4) is 0 Å². The van der Waals surface area contributed by atoms with E-state index in [0.717, 1.165) is 5.56 Å². The molecule has 2 aliphatic rings. The van der Waals surface area contributed by atoms with Crippen LogP contribution in [-0.2, 0) is 16.0 Å². The van der Waals surface area contributed by atoms with Crippen molar-refractivity contribution >= 4 is 22.8 Å². The Balaban J connectivity index is 1.87. The molecule has 1 saturated heterocycles. The summed E-state index contributed by atoms with van der Waals surface area (Å²) in [4.78, 5) is 20.1. The van der Waals surface area contributed by atoms with E-state index in [1.165, 1.54) is 13.3 Å². The summed E-state index contributed by atoms with van der Waals surface area (Å²) in [7, 11) is 0. The van der Waals surface area contributed by atoms with E-state index in [9.17, 15) is 20.1 Å². The number of hydrogen-bond donors (Lipinski definition) is 4. The van der Waals surface area contributed by atoms with E-state index in [-0.39, 0.29) is 5.91 Å². The van der Waals surface area contributed by atoms with Crippen LogP contribution in [0.2, 0.25) is 0 Å². The third-order valence-corrected chi connectivity index (χ3v) is 4.75. The number of carbonyl (C=O) groups excluding carboxylic acids is 1. The third-order valence-electron chi connectivity index (χ3n) is 4.75. The molecule has 9 heteroatoms. The van der Waals surface area contributed by atoms with Crippen LogP contribution in [0.5, 0.6) is 0 Å². The van der Waals surface area contributed by atoms with E-state index in [0.29, 0.717) is 29.7 Å². The second-order valence-corrected chi connectivity index (χ2v) is 6.41. The van der Waals surface area contributed by atoms with Crippen LogP contribution in [0.25, 0.3) is 11.0 Å². The number of carbonyl (C=O) groups is 1. The van der Waals surface area contributed by atoms with E-state index in [1.54, 1.807) is 10.8 Å². The predicted octanol–water partition coefficient (Wildman–Crippen LogP) is -0.682. The maximum atomic E-state index is 11.8. The maximum Gasteiger partial charge on any atom is 0.225 e. The smallest absolute Gasteiger partial charge is 0.225 e. The molecule has 0 saturated carbocycles. The quantitative estimate of drug-likeness (QED) is 0.572. The fourth-order valence-electron chi connectivity index (χ4n) is 3.46. The monoisotopic (exact) mass is 334 g/mol. The molecule has 4 rings (SSSR count). The summed E-state index contributed by atoms with van der Waals surface area (Å²) < 4.78 is 7.30. The van der Waals surface area contributed by atoms with E-state index in [4.69, 9.17) is 4.74 Å². The second-order valence-electron chi connectivity index (χ2n) is 6.41. The molecular weight excluding hydrogens is 316 g/mol. The van der Waals surface area contributed by atoms with Gasteiger partial charge in [0, 0.05) is 12.6 Å². The summed E-state index contributed by atoms with van der Waals surface area (Å²) in [6, 6.07) is 0. The van der Waals surface area contributed by atoms with Gasteiger partial charge < -0.3 is 29.9 Å². The Morgan fingerprint density at radius 1 is 1.46 bits per heavy atom. The highest BCUT2D eigenvalue weighted by Gasteiger charge is 2.53. The molecule has 0 spiro atoms. The van der Waals surface area contributed by atoms with Crippen LogP contribution in [0.15, 0.2) is 12.5 Å². The molecule has 2 aromatic rings.